The van der Waals surface area contributed by atoms with Crippen molar-refractivity contribution in [1.29, 1.82) is 0 Å². The average Bonchev–Trinajstić information content (AvgIpc) is 2.76. The summed E-state index contributed by atoms with van der Waals surface area (Å²) in [6.07, 6.45) is 0.574. The van der Waals surface area contributed by atoms with Crippen LogP contribution in [0.2, 0.25) is 0 Å². The fraction of sp³-hybridized carbons (Fsp3) is 0.417. The van der Waals surface area contributed by atoms with Crippen LogP contribution in [0.5, 0.6) is 11.5 Å². The van der Waals surface area contributed by atoms with E-state index >= 15 is 0 Å². The zero-order valence-corrected chi connectivity index (χ0v) is 19.7. The van der Waals surface area contributed by atoms with Crippen molar-refractivity contribution in [3.8, 4) is 11.5 Å². The first-order chi connectivity index (χ1) is 15.5. The number of hydrogen-bond acceptors (Lipinski definition) is 6. The van der Waals surface area contributed by atoms with E-state index in [1.54, 1.807) is 6.92 Å². The molecule has 0 aromatic heterocycles. The highest BCUT2D eigenvalue weighted by atomic mass is 16.6. The summed E-state index contributed by atoms with van der Waals surface area (Å²) in [5.74, 6) is -0.356. The van der Waals surface area contributed by atoms with E-state index < -0.39 is 16.5 Å². The number of carbonyl (C=O) groups excluding carboxylic acids is 2. The SMILES string of the molecule is COc1cc(OCC(=O)N(CCc2ccccc2)[C@H](C)C(=O)NC(C)(C)C)ccc1[N+](=O)[O-]. The van der Waals surface area contributed by atoms with Gasteiger partial charge in [0.15, 0.2) is 6.61 Å². The third-order valence-electron chi connectivity index (χ3n) is 4.86. The second-order valence-corrected chi connectivity index (χ2v) is 8.62. The molecule has 2 rings (SSSR count). The van der Waals surface area contributed by atoms with Gasteiger partial charge in [0.2, 0.25) is 11.7 Å². The molecule has 0 bridgehead atoms. The van der Waals surface area contributed by atoms with E-state index in [0.29, 0.717) is 13.0 Å². The Kier molecular flexibility index (Phi) is 8.78. The molecule has 0 spiro atoms. The smallest absolute Gasteiger partial charge is 0.311 e. The molecule has 0 heterocycles. The summed E-state index contributed by atoms with van der Waals surface area (Å²) < 4.78 is 10.6. The lowest BCUT2D eigenvalue weighted by molar-refractivity contribution is -0.385. The largest absolute Gasteiger partial charge is 0.490 e. The summed E-state index contributed by atoms with van der Waals surface area (Å²) in [5.41, 5.74) is 0.401. The maximum atomic E-state index is 13.1. The number of amides is 2. The molecule has 0 radical (unpaired) electrons. The van der Waals surface area contributed by atoms with Crippen LogP contribution < -0.4 is 14.8 Å². The summed E-state index contributed by atoms with van der Waals surface area (Å²) in [7, 11) is 1.32. The molecule has 0 unspecified atom stereocenters. The Bertz CT molecular complexity index is 972. The van der Waals surface area contributed by atoms with Gasteiger partial charge in [0.25, 0.3) is 5.91 Å². The third kappa shape index (κ3) is 7.78. The Morgan fingerprint density at radius 2 is 1.82 bits per heavy atom. The van der Waals surface area contributed by atoms with Crippen LogP contribution in [0, 0.1) is 10.1 Å². The van der Waals surface area contributed by atoms with Crippen LogP contribution in [0.1, 0.15) is 33.3 Å². The van der Waals surface area contributed by atoms with Crippen molar-refractivity contribution in [2.45, 2.75) is 45.7 Å². The summed E-state index contributed by atoms with van der Waals surface area (Å²) in [5, 5.41) is 14.0. The average molecular weight is 458 g/mol. The molecular formula is C24H31N3O6. The first-order valence-electron chi connectivity index (χ1n) is 10.6. The molecule has 0 saturated heterocycles. The lowest BCUT2D eigenvalue weighted by Crippen LogP contribution is -2.53. The number of nitro benzene ring substituents is 1. The molecule has 0 aliphatic carbocycles. The van der Waals surface area contributed by atoms with E-state index in [0.717, 1.165) is 5.56 Å². The van der Waals surface area contributed by atoms with E-state index in [2.05, 4.69) is 5.32 Å². The number of hydrogen-bond donors (Lipinski definition) is 1. The van der Waals surface area contributed by atoms with Gasteiger partial charge < -0.3 is 19.7 Å². The van der Waals surface area contributed by atoms with Gasteiger partial charge in [-0.05, 0) is 45.7 Å². The predicted octanol–water partition coefficient (Wildman–Crippen LogP) is 3.36. The minimum atomic E-state index is -0.713. The molecule has 1 atom stereocenters. The molecule has 2 aromatic carbocycles. The first-order valence-corrected chi connectivity index (χ1v) is 10.6. The number of methoxy groups -OCH3 is 1. The predicted molar refractivity (Wildman–Crippen MR) is 124 cm³/mol. The molecular weight excluding hydrogens is 426 g/mol. The molecule has 0 aliphatic rings. The zero-order valence-electron chi connectivity index (χ0n) is 19.7. The monoisotopic (exact) mass is 457 g/mol. The molecule has 2 aromatic rings. The lowest BCUT2D eigenvalue weighted by atomic mass is 10.1. The normalized spacial score (nSPS) is 11.9. The van der Waals surface area contributed by atoms with Crippen LogP contribution in [0.4, 0.5) is 5.69 Å². The van der Waals surface area contributed by atoms with E-state index in [9.17, 15) is 19.7 Å². The summed E-state index contributed by atoms with van der Waals surface area (Å²) >= 11 is 0. The van der Waals surface area contributed by atoms with Gasteiger partial charge in [0, 0.05) is 24.2 Å². The van der Waals surface area contributed by atoms with Crippen molar-refractivity contribution in [1.82, 2.24) is 10.2 Å². The third-order valence-corrected chi connectivity index (χ3v) is 4.86. The van der Waals surface area contributed by atoms with Crippen molar-refractivity contribution in [2.24, 2.45) is 0 Å². The standard InChI is InChI=1S/C24H31N3O6/c1-17(23(29)25-24(2,3)4)26(14-13-18-9-7-6-8-10-18)22(28)16-33-19-11-12-20(27(30)31)21(15-19)32-5/h6-12,15,17H,13-14,16H2,1-5H3,(H,25,29)/t17-/m1/s1. The second-order valence-electron chi connectivity index (χ2n) is 8.62. The topological polar surface area (TPSA) is 111 Å². The Morgan fingerprint density at radius 3 is 2.39 bits per heavy atom. The maximum Gasteiger partial charge on any atom is 0.311 e. The summed E-state index contributed by atoms with van der Waals surface area (Å²) in [6, 6.07) is 13.0. The number of nitrogens with zero attached hydrogens (tertiary/aromatic N) is 2. The van der Waals surface area contributed by atoms with Gasteiger partial charge in [-0.3, -0.25) is 19.7 Å². The quantitative estimate of drug-likeness (QED) is 0.433. The van der Waals surface area contributed by atoms with Gasteiger partial charge in [-0.15, -0.1) is 0 Å². The van der Waals surface area contributed by atoms with E-state index in [1.165, 1.54) is 30.2 Å². The van der Waals surface area contributed by atoms with Crippen LogP contribution in [0.15, 0.2) is 48.5 Å². The fourth-order valence-corrected chi connectivity index (χ4v) is 3.17. The molecule has 9 heteroatoms. The fourth-order valence-electron chi connectivity index (χ4n) is 3.17. The molecule has 2 amide bonds. The van der Waals surface area contributed by atoms with E-state index in [4.69, 9.17) is 9.47 Å². The molecule has 1 N–H and O–H groups in total. The molecule has 9 nitrogen and oxygen atoms in total. The first kappa shape index (κ1) is 25.6. The van der Waals surface area contributed by atoms with Gasteiger partial charge in [-0.25, -0.2) is 0 Å². The number of nitrogens with one attached hydrogen (secondary N) is 1. The molecule has 178 valence electrons. The number of rotatable bonds is 10. The number of nitro groups is 1. The zero-order chi connectivity index (χ0) is 24.6. The Labute approximate surface area is 193 Å². The molecule has 33 heavy (non-hydrogen) atoms. The van der Waals surface area contributed by atoms with Gasteiger partial charge >= 0.3 is 5.69 Å². The van der Waals surface area contributed by atoms with Crippen molar-refractivity contribution in [2.75, 3.05) is 20.3 Å². The molecule has 0 aliphatic heterocycles. The van der Waals surface area contributed by atoms with Gasteiger partial charge in [-0.2, -0.15) is 0 Å². The lowest BCUT2D eigenvalue weighted by Gasteiger charge is -2.31. The van der Waals surface area contributed by atoms with Gasteiger partial charge in [0.05, 0.1) is 12.0 Å². The number of benzene rings is 2. The van der Waals surface area contributed by atoms with Gasteiger partial charge in [0.1, 0.15) is 11.8 Å². The molecule has 0 fully saturated rings. The van der Waals surface area contributed by atoms with E-state index in [-0.39, 0.29) is 35.6 Å². The van der Waals surface area contributed by atoms with Gasteiger partial charge in [-0.1, -0.05) is 30.3 Å². The minimum Gasteiger partial charge on any atom is -0.490 e. The van der Waals surface area contributed by atoms with Crippen molar-refractivity contribution >= 4 is 17.5 Å². The van der Waals surface area contributed by atoms with Crippen LogP contribution in [-0.4, -0.2) is 53.5 Å². The van der Waals surface area contributed by atoms with E-state index in [1.807, 2.05) is 51.1 Å². The Balaban J connectivity index is 2.14. The van der Waals surface area contributed by atoms with Crippen LogP contribution in [0.3, 0.4) is 0 Å². The van der Waals surface area contributed by atoms with Crippen molar-refractivity contribution < 1.29 is 24.0 Å². The van der Waals surface area contributed by atoms with Crippen molar-refractivity contribution in [3.63, 3.8) is 0 Å². The van der Waals surface area contributed by atoms with Crippen LogP contribution >= 0.6 is 0 Å². The summed E-state index contributed by atoms with van der Waals surface area (Å²) in [4.78, 5) is 37.8. The highest BCUT2D eigenvalue weighted by Gasteiger charge is 2.28. The Morgan fingerprint density at radius 1 is 1.15 bits per heavy atom. The van der Waals surface area contributed by atoms with Crippen molar-refractivity contribution in [3.05, 3.63) is 64.2 Å². The Hall–Kier alpha value is -3.62. The highest BCUT2D eigenvalue weighted by molar-refractivity contribution is 5.88. The highest BCUT2D eigenvalue weighted by Crippen LogP contribution is 2.30. The van der Waals surface area contributed by atoms with Crippen LogP contribution in [-0.2, 0) is 16.0 Å². The maximum absolute atomic E-state index is 13.1. The number of ether oxygens (including phenoxy) is 2. The summed E-state index contributed by atoms with van der Waals surface area (Å²) in [6.45, 7) is 7.30. The molecule has 0 saturated carbocycles. The van der Waals surface area contributed by atoms with Crippen LogP contribution in [0.25, 0.3) is 0 Å². The number of carbonyl (C=O) groups is 2. The second kappa shape index (κ2) is 11.3. The minimum absolute atomic E-state index is 0.0313.